The number of methoxy groups -OCH3 is 1. The molecule has 0 aromatic heterocycles. The van der Waals surface area contributed by atoms with E-state index in [4.69, 9.17) is 16.3 Å². The van der Waals surface area contributed by atoms with E-state index in [2.05, 4.69) is 43.2 Å². The van der Waals surface area contributed by atoms with Crippen molar-refractivity contribution in [1.29, 1.82) is 0 Å². The Bertz CT molecular complexity index is 369. The summed E-state index contributed by atoms with van der Waals surface area (Å²) in [6, 6.07) is 8.96. The minimum absolute atomic E-state index is 0.378. The summed E-state index contributed by atoms with van der Waals surface area (Å²) < 4.78 is 5.04. The molecule has 0 bridgehead atoms. The smallest absolute Gasteiger partial charge is 0.0474 e. The molecule has 0 aliphatic heterocycles. The molecule has 1 aromatic carbocycles. The molecule has 1 N–H and O–H groups in total. The van der Waals surface area contributed by atoms with Crippen LogP contribution in [0, 0.1) is 0 Å². The molecule has 0 spiro atoms. The summed E-state index contributed by atoms with van der Waals surface area (Å²) >= 11 is 5.93. The number of ether oxygens (including phenoxy) is 1. The van der Waals surface area contributed by atoms with Gasteiger partial charge in [0, 0.05) is 37.4 Å². The molecule has 2 atom stereocenters. The third-order valence-corrected chi connectivity index (χ3v) is 4.05. The fourth-order valence-electron chi connectivity index (χ4n) is 2.15. The maximum Gasteiger partial charge on any atom is 0.0474 e. The maximum atomic E-state index is 5.93. The van der Waals surface area contributed by atoms with Gasteiger partial charge in [0.15, 0.2) is 0 Å². The zero-order valence-electron chi connectivity index (χ0n) is 13.0. The summed E-state index contributed by atoms with van der Waals surface area (Å²) in [6.45, 7) is 7.28. The SMILES string of the molecule is COCCCNCC(C)N(C)C(C)c1ccc(Cl)cc1. The average molecular weight is 299 g/mol. The quantitative estimate of drug-likeness (QED) is 0.708. The Morgan fingerprint density at radius 2 is 1.90 bits per heavy atom. The number of benzene rings is 1. The van der Waals surface area contributed by atoms with Gasteiger partial charge in [-0.25, -0.2) is 0 Å². The Kier molecular flexibility index (Phi) is 8.15. The monoisotopic (exact) mass is 298 g/mol. The molecule has 0 aliphatic carbocycles. The Labute approximate surface area is 128 Å². The molecule has 0 amide bonds. The largest absolute Gasteiger partial charge is 0.385 e. The Balaban J connectivity index is 2.39. The van der Waals surface area contributed by atoms with E-state index in [0.29, 0.717) is 12.1 Å². The fraction of sp³-hybridized carbons (Fsp3) is 0.625. The Morgan fingerprint density at radius 1 is 1.25 bits per heavy atom. The molecule has 0 radical (unpaired) electrons. The van der Waals surface area contributed by atoms with Crippen LogP contribution >= 0.6 is 11.6 Å². The molecule has 0 saturated carbocycles. The lowest BCUT2D eigenvalue weighted by atomic mass is 10.1. The van der Waals surface area contributed by atoms with E-state index in [-0.39, 0.29) is 0 Å². The highest BCUT2D eigenvalue weighted by Crippen LogP contribution is 2.22. The summed E-state index contributed by atoms with van der Waals surface area (Å²) in [5.74, 6) is 0. The second-order valence-electron chi connectivity index (χ2n) is 5.29. The number of likely N-dealkylation sites (N-methyl/N-ethyl adjacent to an activating group) is 1. The molecule has 0 heterocycles. The van der Waals surface area contributed by atoms with E-state index in [1.165, 1.54) is 5.56 Å². The maximum absolute atomic E-state index is 5.93. The van der Waals surface area contributed by atoms with Gasteiger partial charge in [0.05, 0.1) is 0 Å². The topological polar surface area (TPSA) is 24.5 Å². The first-order valence-corrected chi connectivity index (χ1v) is 7.61. The second kappa shape index (κ2) is 9.35. The molecule has 2 unspecified atom stereocenters. The van der Waals surface area contributed by atoms with E-state index >= 15 is 0 Å². The molecule has 114 valence electrons. The van der Waals surface area contributed by atoms with Crippen LogP contribution in [0.4, 0.5) is 0 Å². The zero-order valence-corrected chi connectivity index (χ0v) is 13.8. The molecule has 1 aromatic rings. The highest BCUT2D eigenvalue weighted by atomic mass is 35.5. The highest BCUT2D eigenvalue weighted by Gasteiger charge is 2.16. The Hall–Kier alpha value is -0.610. The number of hydrogen-bond acceptors (Lipinski definition) is 3. The van der Waals surface area contributed by atoms with Crippen molar-refractivity contribution in [1.82, 2.24) is 10.2 Å². The van der Waals surface area contributed by atoms with Gasteiger partial charge < -0.3 is 10.1 Å². The van der Waals surface area contributed by atoms with Gasteiger partial charge in [0.25, 0.3) is 0 Å². The molecule has 3 nitrogen and oxygen atoms in total. The van der Waals surface area contributed by atoms with Gasteiger partial charge >= 0.3 is 0 Å². The summed E-state index contributed by atoms with van der Waals surface area (Å²) in [6.07, 6.45) is 1.06. The standard InChI is InChI=1S/C16H27ClN2O/c1-13(12-18-10-5-11-20-4)19(3)14(2)15-6-8-16(17)9-7-15/h6-9,13-14,18H,5,10-12H2,1-4H3. The van der Waals surface area contributed by atoms with Crippen LogP contribution in [0.1, 0.15) is 31.9 Å². The normalized spacial score (nSPS) is 14.5. The first-order chi connectivity index (χ1) is 9.56. The van der Waals surface area contributed by atoms with Crippen LogP contribution in [0.5, 0.6) is 0 Å². The van der Waals surface area contributed by atoms with Crippen molar-refractivity contribution in [2.45, 2.75) is 32.4 Å². The minimum Gasteiger partial charge on any atom is -0.385 e. The van der Waals surface area contributed by atoms with Gasteiger partial charge in [-0.15, -0.1) is 0 Å². The molecule has 4 heteroatoms. The first kappa shape index (κ1) is 17.4. The molecular weight excluding hydrogens is 272 g/mol. The third-order valence-electron chi connectivity index (χ3n) is 3.80. The lowest BCUT2D eigenvalue weighted by molar-refractivity contribution is 0.182. The lowest BCUT2D eigenvalue weighted by Crippen LogP contribution is -2.39. The van der Waals surface area contributed by atoms with Crippen LogP contribution in [0.25, 0.3) is 0 Å². The van der Waals surface area contributed by atoms with Crippen molar-refractivity contribution in [3.05, 3.63) is 34.9 Å². The summed E-state index contributed by atoms with van der Waals surface area (Å²) in [5.41, 5.74) is 1.29. The Morgan fingerprint density at radius 3 is 2.50 bits per heavy atom. The van der Waals surface area contributed by atoms with Gasteiger partial charge in [-0.1, -0.05) is 23.7 Å². The predicted molar refractivity (Wildman–Crippen MR) is 86.5 cm³/mol. The van der Waals surface area contributed by atoms with Gasteiger partial charge in [0.2, 0.25) is 0 Å². The number of halogens is 1. The van der Waals surface area contributed by atoms with Crippen molar-refractivity contribution < 1.29 is 4.74 Å². The average Bonchev–Trinajstić information content (AvgIpc) is 2.46. The second-order valence-corrected chi connectivity index (χ2v) is 5.73. The molecular formula is C16H27ClN2O. The van der Waals surface area contributed by atoms with Crippen LogP contribution < -0.4 is 5.32 Å². The van der Waals surface area contributed by atoms with E-state index in [0.717, 1.165) is 31.1 Å². The zero-order chi connectivity index (χ0) is 15.0. The van der Waals surface area contributed by atoms with Crippen LogP contribution in [-0.2, 0) is 4.74 Å². The predicted octanol–water partition coefficient (Wildman–Crippen LogP) is 3.35. The van der Waals surface area contributed by atoms with Crippen molar-refractivity contribution in [2.24, 2.45) is 0 Å². The van der Waals surface area contributed by atoms with Crippen LogP contribution in [0.15, 0.2) is 24.3 Å². The first-order valence-electron chi connectivity index (χ1n) is 7.23. The lowest BCUT2D eigenvalue weighted by Gasteiger charge is -2.31. The van der Waals surface area contributed by atoms with Crippen LogP contribution in [0.2, 0.25) is 5.02 Å². The van der Waals surface area contributed by atoms with Gasteiger partial charge in [-0.2, -0.15) is 0 Å². The fourth-order valence-corrected chi connectivity index (χ4v) is 2.28. The minimum atomic E-state index is 0.378. The van der Waals surface area contributed by atoms with E-state index in [1.54, 1.807) is 7.11 Å². The van der Waals surface area contributed by atoms with Gasteiger partial charge in [-0.3, -0.25) is 4.90 Å². The van der Waals surface area contributed by atoms with Crippen molar-refractivity contribution in [3.63, 3.8) is 0 Å². The molecule has 0 fully saturated rings. The molecule has 1 rings (SSSR count). The van der Waals surface area contributed by atoms with Gasteiger partial charge in [0.1, 0.15) is 0 Å². The molecule has 0 saturated heterocycles. The number of hydrogen-bond donors (Lipinski definition) is 1. The van der Waals surface area contributed by atoms with E-state index in [1.807, 2.05) is 12.1 Å². The van der Waals surface area contributed by atoms with Crippen molar-refractivity contribution in [3.8, 4) is 0 Å². The molecule has 20 heavy (non-hydrogen) atoms. The number of nitrogens with zero attached hydrogens (tertiary/aromatic N) is 1. The third kappa shape index (κ3) is 5.80. The van der Waals surface area contributed by atoms with Crippen LogP contribution in [-0.4, -0.2) is 44.8 Å². The number of nitrogens with one attached hydrogen (secondary N) is 1. The van der Waals surface area contributed by atoms with Crippen molar-refractivity contribution >= 4 is 11.6 Å². The molecule has 0 aliphatic rings. The van der Waals surface area contributed by atoms with E-state index < -0.39 is 0 Å². The summed E-state index contributed by atoms with van der Waals surface area (Å²) in [4.78, 5) is 2.38. The van der Waals surface area contributed by atoms with E-state index in [9.17, 15) is 0 Å². The summed E-state index contributed by atoms with van der Waals surface area (Å²) in [5, 5.41) is 4.26. The van der Waals surface area contributed by atoms with Crippen molar-refractivity contribution in [2.75, 3.05) is 33.9 Å². The number of rotatable bonds is 9. The van der Waals surface area contributed by atoms with Gasteiger partial charge in [-0.05, 0) is 51.6 Å². The summed E-state index contributed by atoms with van der Waals surface area (Å²) in [7, 11) is 3.91. The highest BCUT2D eigenvalue weighted by molar-refractivity contribution is 6.30. The van der Waals surface area contributed by atoms with Crippen LogP contribution in [0.3, 0.4) is 0 Å².